The highest BCUT2D eigenvalue weighted by molar-refractivity contribution is 7.97. The van der Waals surface area contributed by atoms with Gasteiger partial charge in [0.1, 0.15) is 41.1 Å². The topological polar surface area (TPSA) is 173 Å². The molecule has 1 N–H and O–H groups in total. The predicted molar refractivity (Wildman–Crippen MR) is 305 cm³/mol. The van der Waals surface area contributed by atoms with Gasteiger partial charge in [0.05, 0.1) is 27.9 Å². The van der Waals surface area contributed by atoms with Gasteiger partial charge in [-0.2, -0.15) is 26.2 Å². The monoisotopic (exact) mass is 1210 g/mol. The SMILES string of the molecule is O=C(OC12CC3CC(C1)C(O)C(C3)C2)C(F)(F)SOO[O-].O=C1C2CC3CC1CC(OC(=O)C(F)(F)SOO[O-])(C3)C2.[B].[B][B].c1ccc([S+](c2ccccc2)c2ccccc2)cc1.c1ccc([S+](c2ccccc2)c2ccccc2)cc1. The maximum atomic E-state index is 13.5. The number of aliphatic hydroxyl groups is 1. The van der Waals surface area contributed by atoms with Gasteiger partial charge in [0.25, 0.3) is 0 Å². The van der Waals surface area contributed by atoms with Gasteiger partial charge in [-0.25, -0.2) is 9.59 Å². The summed E-state index contributed by atoms with van der Waals surface area (Å²) >= 11 is -1.37. The average molecular weight is 1210 g/mol. The predicted octanol–water partition coefficient (Wildman–Crippen LogP) is 10.5. The van der Waals surface area contributed by atoms with E-state index in [4.69, 9.17) is 9.47 Å². The number of halogens is 4. The summed E-state index contributed by atoms with van der Waals surface area (Å²) in [5, 5.41) is 26.9. The van der Waals surface area contributed by atoms with E-state index in [1.807, 2.05) is 0 Å². The highest BCUT2D eigenvalue weighted by atomic mass is 32.2. The van der Waals surface area contributed by atoms with E-state index in [1.54, 1.807) is 0 Å². The highest BCUT2D eigenvalue weighted by Gasteiger charge is 2.61. The third kappa shape index (κ3) is 16.7. The molecule has 7 radical (unpaired) electrons. The Bertz CT molecular complexity index is 2620. The summed E-state index contributed by atoms with van der Waals surface area (Å²) < 4.78 is 71.0. The van der Waals surface area contributed by atoms with Gasteiger partial charge >= 0.3 is 22.4 Å². The van der Waals surface area contributed by atoms with Gasteiger partial charge in [0.2, 0.25) is 0 Å². The number of carbonyl (C=O) groups excluding carboxylic acids is 3. The van der Waals surface area contributed by atoms with Crippen molar-refractivity contribution >= 4 is 87.5 Å². The van der Waals surface area contributed by atoms with Crippen molar-refractivity contribution in [3.05, 3.63) is 182 Å². The van der Waals surface area contributed by atoms with Crippen LogP contribution in [0.15, 0.2) is 211 Å². The summed E-state index contributed by atoms with van der Waals surface area (Å²) in [5.74, 6) is -3.14. The zero-order valence-electron chi connectivity index (χ0n) is 44.7. The molecule has 0 aliphatic heterocycles. The molecule has 12 nitrogen and oxygen atoms in total. The van der Waals surface area contributed by atoms with Crippen LogP contribution in [-0.2, 0) is 64.4 Å². The lowest BCUT2D eigenvalue weighted by molar-refractivity contribution is -0.777. The molecule has 8 aliphatic rings. The molecular formula is C60H58B3F4O12S4. The molecule has 0 heterocycles. The Hall–Kier alpha value is -5.04. The minimum atomic E-state index is -4.03. The van der Waals surface area contributed by atoms with Crippen molar-refractivity contribution in [1.82, 2.24) is 0 Å². The van der Waals surface area contributed by atoms with Crippen LogP contribution in [-0.4, -0.2) is 74.5 Å². The third-order valence-corrected chi connectivity index (χ3v) is 20.9. The minimum Gasteiger partial charge on any atom is -0.691 e. The number of benzene rings is 6. The summed E-state index contributed by atoms with van der Waals surface area (Å²) in [6, 6.07) is 64.3. The van der Waals surface area contributed by atoms with Crippen LogP contribution in [0, 0.1) is 35.5 Å². The molecule has 8 bridgehead atoms. The van der Waals surface area contributed by atoms with E-state index >= 15 is 0 Å². The Labute approximate surface area is 499 Å². The molecule has 8 fully saturated rings. The second kappa shape index (κ2) is 30.4. The minimum absolute atomic E-state index is 0. The summed E-state index contributed by atoms with van der Waals surface area (Å²) in [6.07, 6.45) is 5.30. The number of alkyl halides is 4. The number of hydrogen-bond acceptors (Lipinski definition) is 14. The smallest absolute Gasteiger partial charge is 0.415 e. The quantitative estimate of drug-likeness (QED) is 0.0184. The van der Waals surface area contributed by atoms with Gasteiger partial charge < -0.3 is 25.1 Å². The largest absolute Gasteiger partial charge is 0.691 e. The first-order valence-electron chi connectivity index (χ1n) is 26.5. The van der Waals surface area contributed by atoms with Crippen molar-refractivity contribution in [2.45, 2.75) is 121 Å². The molecule has 0 amide bonds. The van der Waals surface area contributed by atoms with E-state index in [0.29, 0.717) is 44.4 Å². The van der Waals surface area contributed by atoms with Crippen LogP contribution in [0.5, 0.6) is 0 Å². The summed E-state index contributed by atoms with van der Waals surface area (Å²) in [5.41, 5.74) is -1.90. The molecule has 8 saturated carbocycles. The van der Waals surface area contributed by atoms with E-state index in [9.17, 15) is 47.6 Å². The molecule has 14 rings (SSSR count). The van der Waals surface area contributed by atoms with Crippen LogP contribution in [0.4, 0.5) is 17.6 Å². The number of carbonyl (C=O) groups is 3. The lowest BCUT2D eigenvalue weighted by Gasteiger charge is -2.57. The molecule has 4 unspecified atom stereocenters. The third-order valence-electron chi connectivity index (χ3n) is 15.4. The first-order chi connectivity index (χ1) is 39.6. The molecule has 23 heteroatoms. The Kier molecular flexibility index (Phi) is 24.0. The summed E-state index contributed by atoms with van der Waals surface area (Å²) in [4.78, 5) is 43.4. The van der Waals surface area contributed by atoms with Crippen LogP contribution in [0.2, 0.25) is 0 Å². The zero-order valence-corrected chi connectivity index (χ0v) is 48.0. The van der Waals surface area contributed by atoms with Crippen LogP contribution in [0.25, 0.3) is 0 Å². The lowest BCUT2D eigenvalue weighted by atomic mass is 9.53. The van der Waals surface area contributed by atoms with Crippen LogP contribution < -0.4 is 10.5 Å². The van der Waals surface area contributed by atoms with Crippen molar-refractivity contribution < 1.29 is 75.8 Å². The fraction of sp³-hybridized carbons (Fsp3) is 0.350. The Morgan fingerprint density at radius 2 is 0.747 bits per heavy atom. The molecule has 0 saturated heterocycles. The molecule has 431 valence electrons. The summed E-state index contributed by atoms with van der Waals surface area (Å²) in [7, 11) is 7.97. The number of Topliss-reactive ketones (excluding diaryl/α,β-unsaturated/α-hetero) is 1. The number of esters is 2. The van der Waals surface area contributed by atoms with E-state index < -0.39 is 63.8 Å². The first-order valence-corrected chi connectivity index (χ1v) is 30.4. The van der Waals surface area contributed by atoms with Gasteiger partial charge in [-0.3, -0.25) is 14.9 Å². The summed E-state index contributed by atoms with van der Waals surface area (Å²) in [6.45, 7) is 0. The first kappa shape index (κ1) is 65.5. The van der Waals surface area contributed by atoms with Crippen molar-refractivity contribution in [3.63, 3.8) is 0 Å². The standard InChI is InChI=1S/2C18H15S.C12H16F2O6S.C12H14F2O6S.B2.B/c2*1-4-10-16(11-5-1)19(17-12-6-2-7-13-17)18-14-8-3-9-15-18;2*13-12(14,21-20-19-17)10(16)18-11-3-6-1-7(4-11)9(15)8(2-6)5-11;1-2;/h2*1-15H;6-9,15,17H,1-5H2;6-8,17H,1-5H2;;/q2*+1;;;;/p-2. The van der Waals surface area contributed by atoms with Crippen LogP contribution >= 0.6 is 24.1 Å². The Balaban J connectivity index is 0.000000157. The number of aliphatic hydroxyl groups excluding tert-OH is 1. The molecule has 6 aromatic carbocycles. The number of rotatable bonds is 16. The van der Waals surface area contributed by atoms with E-state index in [1.165, 1.54) is 29.4 Å². The van der Waals surface area contributed by atoms with E-state index in [2.05, 4.69) is 216 Å². The van der Waals surface area contributed by atoms with E-state index in [-0.39, 0.29) is 65.6 Å². The highest BCUT2D eigenvalue weighted by Crippen LogP contribution is 2.58. The van der Waals surface area contributed by atoms with Gasteiger partial charge in [-0.1, -0.05) is 109 Å². The zero-order chi connectivity index (χ0) is 58.3. The van der Waals surface area contributed by atoms with Gasteiger partial charge in [0.15, 0.2) is 29.4 Å². The van der Waals surface area contributed by atoms with Crippen molar-refractivity contribution in [2.24, 2.45) is 35.5 Å². The molecule has 0 aromatic heterocycles. The van der Waals surface area contributed by atoms with Gasteiger partial charge in [0, 0.05) is 35.7 Å². The van der Waals surface area contributed by atoms with Gasteiger partial charge in [-0.05, 0) is 161 Å². The van der Waals surface area contributed by atoms with Crippen molar-refractivity contribution in [3.8, 4) is 0 Å². The molecular weight excluding hydrogens is 1150 g/mol. The molecule has 0 spiro atoms. The maximum absolute atomic E-state index is 13.5. The fourth-order valence-electron chi connectivity index (χ4n) is 12.7. The number of hydrogen-bond donors (Lipinski definition) is 1. The van der Waals surface area contributed by atoms with Crippen LogP contribution in [0.1, 0.15) is 64.2 Å². The molecule has 6 aromatic rings. The second-order valence-corrected chi connectivity index (χ2v) is 26.5. The Morgan fingerprint density at radius 1 is 0.482 bits per heavy atom. The molecule has 8 aliphatic carbocycles. The Morgan fingerprint density at radius 3 is 1.02 bits per heavy atom. The van der Waals surface area contributed by atoms with Gasteiger partial charge in [-0.15, -0.1) is 0 Å². The van der Waals surface area contributed by atoms with E-state index in [0.717, 1.165) is 25.7 Å². The lowest BCUT2D eigenvalue weighted by Crippen LogP contribution is -2.59. The number of ether oxygens (including phenoxy) is 2. The second-order valence-electron chi connectivity index (χ2n) is 20.8. The van der Waals surface area contributed by atoms with Crippen LogP contribution in [0.3, 0.4) is 0 Å². The fourth-order valence-corrected chi connectivity index (χ4v) is 17.4. The average Bonchev–Trinajstić information content (AvgIpc) is 2.94. The molecule has 4 atom stereocenters. The number of ketones is 1. The molecule has 83 heavy (non-hydrogen) atoms. The van der Waals surface area contributed by atoms with Crippen molar-refractivity contribution in [1.29, 1.82) is 0 Å². The maximum Gasteiger partial charge on any atom is 0.415 e. The van der Waals surface area contributed by atoms with Crippen molar-refractivity contribution in [2.75, 3.05) is 0 Å². The normalized spacial score (nSPS) is 24.9.